The molecule has 2 aromatic carbocycles. The molecule has 0 fully saturated rings. The Bertz CT molecular complexity index is 710. The molecule has 2 aromatic rings. The van der Waals surface area contributed by atoms with E-state index in [1.54, 1.807) is 7.11 Å². The van der Waals surface area contributed by atoms with Gasteiger partial charge < -0.3 is 15.8 Å². The number of fused-ring (bicyclic) bond motifs is 1. The van der Waals surface area contributed by atoms with Crippen LogP contribution in [-0.2, 0) is 19.4 Å². The van der Waals surface area contributed by atoms with Gasteiger partial charge in [0.05, 0.1) is 13.7 Å². The molecule has 0 saturated heterocycles. The van der Waals surface area contributed by atoms with Crippen molar-refractivity contribution in [2.24, 2.45) is 10.7 Å². The lowest BCUT2D eigenvalue weighted by Crippen LogP contribution is -2.24. The van der Waals surface area contributed by atoms with E-state index in [1.165, 1.54) is 24.0 Å². The number of guanidine groups is 1. The third kappa shape index (κ3) is 3.83. The van der Waals surface area contributed by atoms with Gasteiger partial charge in [-0.1, -0.05) is 24.3 Å². The largest absolute Gasteiger partial charge is 0.497 e. The fraction of sp³-hybridized carbons (Fsp3) is 0.316. The van der Waals surface area contributed by atoms with Crippen molar-refractivity contribution in [1.82, 2.24) is 0 Å². The molecule has 0 radical (unpaired) electrons. The molecule has 4 heteroatoms. The van der Waals surface area contributed by atoms with Gasteiger partial charge in [-0.25, -0.2) is 4.99 Å². The van der Waals surface area contributed by atoms with E-state index in [2.05, 4.69) is 28.5 Å². The van der Waals surface area contributed by atoms with Gasteiger partial charge in [0, 0.05) is 5.69 Å². The third-order valence-electron chi connectivity index (χ3n) is 4.22. The van der Waals surface area contributed by atoms with Crippen molar-refractivity contribution in [2.45, 2.75) is 32.2 Å². The number of hydrogen-bond donors (Lipinski definition) is 2. The second-order valence-corrected chi connectivity index (χ2v) is 5.83. The Kier molecular flexibility index (Phi) is 4.81. The summed E-state index contributed by atoms with van der Waals surface area (Å²) in [6, 6.07) is 14.2. The average molecular weight is 309 g/mol. The topological polar surface area (TPSA) is 59.6 Å². The normalized spacial score (nSPS) is 14.2. The molecular weight excluding hydrogens is 286 g/mol. The van der Waals surface area contributed by atoms with Gasteiger partial charge in [0.15, 0.2) is 5.96 Å². The summed E-state index contributed by atoms with van der Waals surface area (Å²) in [5.41, 5.74) is 11.0. The van der Waals surface area contributed by atoms with Gasteiger partial charge in [-0.05, 0) is 60.6 Å². The Morgan fingerprint density at radius 3 is 2.87 bits per heavy atom. The Labute approximate surface area is 137 Å². The number of anilines is 1. The quantitative estimate of drug-likeness (QED) is 0.671. The van der Waals surface area contributed by atoms with Crippen LogP contribution in [0.25, 0.3) is 0 Å². The molecule has 0 atom stereocenters. The van der Waals surface area contributed by atoms with Crippen LogP contribution in [0.5, 0.6) is 5.75 Å². The number of ether oxygens (including phenoxy) is 1. The molecule has 3 rings (SSSR count). The number of benzene rings is 2. The maximum absolute atomic E-state index is 6.06. The Hall–Kier alpha value is -2.49. The van der Waals surface area contributed by atoms with E-state index < -0.39 is 0 Å². The molecule has 1 aliphatic carbocycles. The summed E-state index contributed by atoms with van der Waals surface area (Å²) in [7, 11) is 1.66. The molecule has 0 spiro atoms. The number of aryl methyl sites for hydroxylation is 1. The Morgan fingerprint density at radius 2 is 2.00 bits per heavy atom. The summed E-state index contributed by atoms with van der Waals surface area (Å²) in [5, 5.41) is 3.27. The van der Waals surface area contributed by atoms with Crippen LogP contribution in [0.1, 0.15) is 29.5 Å². The third-order valence-corrected chi connectivity index (χ3v) is 4.22. The van der Waals surface area contributed by atoms with Crippen LogP contribution < -0.4 is 15.8 Å². The molecule has 1 aliphatic rings. The van der Waals surface area contributed by atoms with E-state index in [0.29, 0.717) is 12.5 Å². The molecular formula is C19H23N3O. The Morgan fingerprint density at radius 1 is 1.17 bits per heavy atom. The number of nitrogens with one attached hydrogen (secondary N) is 1. The van der Waals surface area contributed by atoms with Crippen molar-refractivity contribution in [3.05, 3.63) is 59.2 Å². The average Bonchev–Trinajstić information content (AvgIpc) is 2.60. The van der Waals surface area contributed by atoms with E-state index in [-0.39, 0.29) is 0 Å². The van der Waals surface area contributed by atoms with Crippen LogP contribution in [0.3, 0.4) is 0 Å². The second-order valence-electron chi connectivity index (χ2n) is 5.83. The highest BCUT2D eigenvalue weighted by Crippen LogP contribution is 2.27. The van der Waals surface area contributed by atoms with Gasteiger partial charge in [-0.2, -0.15) is 0 Å². The van der Waals surface area contributed by atoms with Crippen LogP contribution in [0, 0.1) is 0 Å². The summed E-state index contributed by atoms with van der Waals surface area (Å²) in [4.78, 5) is 4.44. The number of methoxy groups -OCH3 is 1. The van der Waals surface area contributed by atoms with E-state index in [1.807, 2.05) is 24.3 Å². The van der Waals surface area contributed by atoms with Gasteiger partial charge in [-0.3, -0.25) is 0 Å². The minimum absolute atomic E-state index is 0.451. The number of aliphatic imine (C=N–C) groups is 1. The molecule has 0 aromatic heterocycles. The highest BCUT2D eigenvalue weighted by Gasteiger charge is 2.13. The van der Waals surface area contributed by atoms with Crippen molar-refractivity contribution in [3.63, 3.8) is 0 Å². The van der Waals surface area contributed by atoms with Gasteiger partial charge in [0.25, 0.3) is 0 Å². The number of nitrogens with two attached hydrogens (primary N) is 1. The standard InChI is InChI=1S/C19H23N3O/c1-23-16-9-4-6-14(12-16)13-21-19(20)22-18-11-5-8-15-7-2-3-10-17(15)18/h4-6,8-9,11-12H,2-3,7,10,13H2,1H3,(H3,20,21,22). The van der Waals surface area contributed by atoms with Crippen LogP contribution in [-0.4, -0.2) is 13.1 Å². The zero-order valence-electron chi connectivity index (χ0n) is 13.5. The maximum Gasteiger partial charge on any atom is 0.193 e. The monoisotopic (exact) mass is 309 g/mol. The maximum atomic E-state index is 6.06. The molecule has 4 nitrogen and oxygen atoms in total. The lowest BCUT2D eigenvalue weighted by atomic mass is 9.90. The molecule has 120 valence electrons. The van der Waals surface area contributed by atoms with Crippen LogP contribution >= 0.6 is 0 Å². The van der Waals surface area contributed by atoms with E-state index in [9.17, 15) is 0 Å². The summed E-state index contributed by atoms with van der Waals surface area (Å²) >= 11 is 0. The SMILES string of the molecule is COc1cccc(CN=C(N)Nc2cccc3c2CCCC3)c1. The van der Waals surface area contributed by atoms with Gasteiger partial charge in [0.2, 0.25) is 0 Å². The number of hydrogen-bond acceptors (Lipinski definition) is 2. The van der Waals surface area contributed by atoms with Crippen LogP contribution in [0.15, 0.2) is 47.5 Å². The highest BCUT2D eigenvalue weighted by atomic mass is 16.5. The minimum Gasteiger partial charge on any atom is -0.497 e. The summed E-state index contributed by atoms with van der Waals surface area (Å²) in [6.45, 7) is 0.533. The molecule has 23 heavy (non-hydrogen) atoms. The lowest BCUT2D eigenvalue weighted by Gasteiger charge is -2.19. The van der Waals surface area contributed by atoms with Crippen LogP contribution in [0.4, 0.5) is 5.69 Å². The highest BCUT2D eigenvalue weighted by molar-refractivity contribution is 5.93. The van der Waals surface area contributed by atoms with Crippen molar-refractivity contribution in [3.8, 4) is 5.75 Å². The van der Waals surface area contributed by atoms with Crippen molar-refractivity contribution < 1.29 is 4.74 Å². The molecule has 0 heterocycles. The lowest BCUT2D eigenvalue weighted by molar-refractivity contribution is 0.414. The first-order chi connectivity index (χ1) is 11.3. The van der Waals surface area contributed by atoms with Crippen molar-refractivity contribution in [2.75, 3.05) is 12.4 Å². The summed E-state index contributed by atoms with van der Waals surface area (Å²) < 4.78 is 5.22. The smallest absolute Gasteiger partial charge is 0.193 e. The molecule has 0 unspecified atom stereocenters. The van der Waals surface area contributed by atoms with Crippen LogP contribution in [0.2, 0.25) is 0 Å². The Balaban J connectivity index is 1.70. The predicted molar refractivity (Wildman–Crippen MR) is 95.0 cm³/mol. The predicted octanol–water partition coefficient (Wildman–Crippen LogP) is 3.50. The fourth-order valence-corrected chi connectivity index (χ4v) is 3.02. The summed E-state index contributed by atoms with van der Waals surface area (Å²) in [5.74, 6) is 1.29. The van der Waals surface area contributed by atoms with Gasteiger partial charge >= 0.3 is 0 Å². The molecule has 3 N–H and O–H groups in total. The number of nitrogens with zero attached hydrogens (tertiary/aromatic N) is 1. The molecule has 0 bridgehead atoms. The van der Waals surface area contributed by atoms with Gasteiger partial charge in [-0.15, -0.1) is 0 Å². The summed E-state index contributed by atoms with van der Waals surface area (Å²) in [6.07, 6.45) is 4.79. The minimum atomic E-state index is 0.451. The van der Waals surface area contributed by atoms with Gasteiger partial charge in [0.1, 0.15) is 5.75 Å². The van der Waals surface area contributed by atoms with E-state index >= 15 is 0 Å². The zero-order valence-corrected chi connectivity index (χ0v) is 13.5. The first-order valence-corrected chi connectivity index (χ1v) is 8.07. The molecule has 0 saturated carbocycles. The second kappa shape index (κ2) is 7.18. The van der Waals surface area contributed by atoms with Crippen molar-refractivity contribution in [1.29, 1.82) is 0 Å². The van der Waals surface area contributed by atoms with Crippen molar-refractivity contribution >= 4 is 11.6 Å². The fourth-order valence-electron chi connectivity index (χ4n) is 3.02. The molecule has 0 aliphatic heterocycles. The van der Waals surface area contributed by atoms with E-state index in [4.69, 9.17) is 10.5 Å². The first-order valence-electron chi connectivity index (χ1n) is 8.07. The van der Waals surface area contributed by atoms with E-state index in [0.717, 1.165) is 29.8 Å². The molecule has 0 amide bonds. The zero-order chi connectivity index (χ0) is 16.1. The first kappa shape index (κ1) is 15.4. The number of rotatable bonds is 4.